The molecule has 5 aromatic rings. The summed E-state index contributed by atoms with van der Waals surface area (Å²) in [7, 11) is 0. The summed E-state index contributed by atoms with van der Waals surface area (Å²) in [6.45, 7) is 0. The molecule has 0 saturated carbocycles. The Hall–Kier alpha value is -3.35. The SMILES string of the molecule is O=c1cc(CSc2nc3ccccc3c(=O)n2-c2cccc(Cl)c2)c2cc3c(cc2o1)CCC3. The second-order valence-corrected chi connectivity index (χ2v) is 9.76. The van der Waals surface area contributed by atoms with Crippen LogP contribution in [0.5, 0.6) is 0 Å². The molecule has 0 unspecified atom stereocenters. The average molecular weight is 487 g/mol. The van der Waals surface area contributed by atoms with E-state index in [2.05, 4.69) is 6.07 Å². The maximum absolute atomic E-state index is 13.5. The topological polar surface area (TPSA) is 65.1 Å². The molecular formula is C27H19ClN2O3S. The van der Waals surface area contributed by atoms with Gasteiger partial charge >= 0.3 is 5.63 Å². The van der Waals surface area contributed by atoms with Crippen molar-refractivity contribution < 1.29 is 4.42 Å². The second-order valence-electron chi connectivity index (χ2n) is 8.38. The smallest absolute Gasteiger partial charge is 0.336 e. The predicted octanol–water partition coefficient (Wildman–Crippen LogP) is 5.93. The van der Waals surface area contributed by atoms with Crippen molar-refractivity contribution >= 4 is 45.2 Å². The number of para-hydroxylation sites is 1. The quantitative estimate of drug-likeness (QED) is 0.179. The van der Waals surface area contributed by atoms with E-state index in [0.717, 1.165) is 30.2 Å². The average Bonchev–Trinajstić information content (AvgIpc) is 3.28. The number of hydrogen-bond donors (Lipinski definition) is 0. The Morgan fingerprint density at radius 2 is 1.76 bits per heavy atom. The van der Waals surface area contributed by atoms with Crippen molar-refractivity contribution in [2.45, 2.75) is 30.2 Å². The van der Waals surface area contributed by atoms with Crippen molar-refractivity contribution in [2.75, 3.05) is 0 Å². The summed E-state index contributed by atoms with van der Waals surface area (Å²) < 4.78 is 7.10. The molecule has 168 valence electrons. The van der Waals surface area contributed by atoms with Crippen molar-refractivity contribution in [3.63, 3.8) is 0 Å². The van der Waals surface area contributed by atoms with Crippen LogP contribution in [0.25, 0.3) is 27.6 Å². The lowest BCUT2D eigenvalue weighted by molar-refractivity contribution is 0.559. The Morgan fingerprint density at radius 1 is 0.941 bits per heavy atom. The fourth-order valence-electron chi connectivity index (χ4n) is 4.61. The standard InChI is InChI=1S/C27H19ClN2O3S/c28-19-7-4-8-20(14-19)30-26(32)21-9-1-2-10-23(21)29-27(30)34-15-18-13-25(31)33-24-12-17-6-3-5-16(17)11-22(18)24/h1-2,4,7-14H,3,5-6,15H2. The van der Waals surface area contributed by atoms with Crippen LogP contribution in [-0.2, 0) is 18.6 Å². The summed E-state index contributed by atoms with van der Waals surface area (Å²) in [5.74, 6) is 0.465. The third-order valence-corrected chi connectivity index (χ3v) is 7.43. The molecule has 5 nitrogen and oxygen atoms in total. The molecule has 0 aliphatic heterocycles. The predicted molar refractivity (Wildman–Crippen MR) is 136 cm³/mol. The molecule has 0 radical (unpaired) electrons. The molecular weight excluding hydrogens is 468 g/mol. The summed E-state index contributed by atoms with van der Waals surface area (Å²) in [4.78, 5) is 30.6. The summed E-state index contributed by atoms with van der Waals surface area (Å²) in [6.07, 6.45) is 3.17. The van der Waals surface area contributed by atoms with Crippen LogP contribution in [0.4, 0.5) is 0 Å². The van der Waals surface area contributed by atoms with Gasteiger partial charge in [0.1, 0.15) is 5.58 Å². The van der Waals surface area contributed by atoms with E-state index >= 15 is 0 Å². The van der Waals surface area contributed by atoms with Gasteiger partial charge in [-0.1, -0.05) is 41.6 Å². The van der Waals surface area contributed by atoms with Crippen LogP contribution in [0.15, 0.2) is 85.9 Å². The lowest BCUT2D eigenvalue weighted by Crippen LogP contribution is -2.21. The lowest BCUT2D eigenvalue weighted by atomic mass is 10.0. The van der Waals surface area contributed by atoms with Crippen LogP contribution in [0.3, 0.4) is 0 Å². The van der Waals surface area contributed by atoms with Gasteiger partial charge < -0.3 is 4.42 Å². The van der Waals surface area contributed by atoms with Gasteiger partial charge in [0.25, 0.3) is 5.56 Å². The van der Waals surface area contributed by atoms with Gasteiger partial charge in [0, 0.05) is 22.2 Å². The number of aryl methyl sites for hydroxylation is 2. The largest absolute Gasteiger partial charge is 0.423 e. The molecule has 0 spiro atoms. The van der Waals surface area contributed by atoms with Gasteiger partial charge in [-0.2, -0.15) is 0 Å². The van der Waals surface area contributed by atoms with Crippen LogP contribution in [0.2, 0.25) is 5.02 Å². The van der Waals surface area contributed by atoms with Crippen molar-refractivity contribution in [3.8, 4) is 5.69 Å². The number of hydrogen-bond acceptors (Lipinski definition) is 5. The van der Waals surface area contributed by atoms with Crippen molar-refractivity contribution in [2.24, 2.45) is 0 Å². The molecule has 0 bridgehead atoms. The second kappa shape index (κ2) is 8.46. The molecule has 34 heavy (non-hydrogen) atoms. The lowest BCUT2D eigenvalue weighted by Gasteiger charge is -2.14. The highest BCUT2D eigenvalue weighted by Gasteiger charge is 2.17. The fourth-order valence-corrected chi connectivity index (χ4v) is 5.80. The highest BCUT2D eigenvalue weighted by molar-refractivity contribution is 7.98. The van der Waals surface area contributed by atoms with Gasteiger partial charge in [-0.05, 0) is 78.4 Å². The first-order valence-electron chi connectivity index (χ1n) is 11.1. The zero-order chi connectivity index (χ0) is 23.2. The molecule has 0 atom stereocenters. The number of nitrogens with zero attached hydrogens (tertiary/aromatic N) is 2. The molecule has 0 amide bonds. The van der Waals surface area contributed by atoms with E-state index in [9.17, 15) is 9.59 Å². The monoisotopic (exact) mass is 486 g/mol. The van der Waals surface area contributed by atoms with E-state index in [1.54, 1.807) is 28.8 Å². The summed E-state index contributed by atoms with van der Waals surface area (Å²) >= 11 is 7.65. The molecule has 3 aromatic carbocycles. The Balaban J connectivity index is 1.48. The molecule has 0 saturated heterocycles. The Labute approximate surface area is 204 Å². The highest BCUT2D eigenvalue weighted by atomic mass is 35.5. The molecule has 2 heterocycles. The van der Waals surface area contributed by atoms with Gasteiger partial charge in [0.05, 0.1) is 16.6 Å². The minimum atomic E-state index is -0.375. The van der Waals surface area contributed by atoms with Crippen LogP contribution in [0, 0.1) is 0 Å². The van der Waals surface area contributed by atoms with Crippen LogP contribution < -0.4 is 11.2 Å². The minimum Gasteiger partial charge on any atom is -0.423 e. The van der Waals surface area contributed by atoms with Crippen molar-refractivity contribution in [1.29, 1.82) is 0 Å². The number of aromatic nitrogens is 2. The van der Waals surface area contributed by atoms with E-state index in [4.69, 9.17) is 21.0 Å². The fraction of sp³-hybridized carbons (Fsp3) is 0.148. The Morgan fingerprint density at radius 3 is 2.62 bits per heavy atom. The summed E-state index contributed by atoms with van der Waals surface area (Å²) in [5, 5.41) is 2.54. The zero-order valence-corrected chi connectivity index (χ0v) is 19.7. The number of rotatable bonds is 4. The maximum atomic E-state index is 13.5. The Bertz CT molecular complexity index is 1710. The van der Waals surface area contributed by atoms with E-state index in [0.29, 0.717) is 38.1 Å². The number of benzene rings is 3. The summed E-state index contributed by atoms with van der Waals surface area (Å²) in [5.41, 5.74) is 4.79. The molecule has 6 rings (SSSR count). The van der Waals surface area contributed by atoms with Gasteiger partial charge in [-0.3, -0.25) is 9.36 Å². The van der Waals surface area contributed by atoms with E-state index in [1.165, 1.54) is 22.9 Å². The van der Waals surface area contributed by atoms with E-state index in [1.807, 2.05) is 36.4 Å². The molecule has 0 N–H and O–H groups in total. The molecule has 0 fully saturated rings. The van der Waals surface area contributed by atoms with Crippen molar-refractivity contribution in [3.05, 3.63) is 109 Å². The number of thioether (sulfide) groups is 1. The van der Waals surface area contributed by atoms with Gasteiger partial charge in [-0.25, -0.2) is 9.78 Å². The first-order valence-corrected chi connectivity index (χ1v) is 12.4. The first kappa shape index (κ1) is 21.2. The number of halogens is 1. The van der Waals surface area contributed by atoms with E-state index < -0.39 is 0 Å². The molecule has 2 aromatic heterocycles. The van der Waals surface area contributed by atoms with Gasteiger partial charge in [-0.15, -0.1) is 0 Å². The summed E-state index contributed by atoms with van der Waals surface area (Å²) in [6, 6.07) is 20.2. The molecule has 7 heteroatoms. The minimum absolute atomic E-state index is 0.161. The number of fused-ring (bicyclic) bond motifs is 3. The first-order chi connectivity index (χ1) is 16.6. The van der Waals surface area contributed by atoms with Crippen molar-refractivity contribution in [1.82, 2.24) is 9.55 Å². The molecule has 1 aliphatic carbocycles. The third-order valence-electron chi connectivity index (χ3n) is 6.21. The highest BCUT2D eigenvalue weighted by Crippen LogP contribution is 2.32. The third kappa shape index (κ3) is 3.73. The van der Waals surface area contributed by atoms with E-state index in [-0.39, 0.29) is 11.2 Å². The van der Waals surface area contributed by atoms with Crippen LogP contribution >= 0.6 is 23.4 Å². The zero-order valence-electron chi connectivity index (χ0n) is 18.1. The van der Waals surface area contributed by atoms with Gasteiger partial charge in [0.15, 0.2) is 5.16 Å². The Kier molecular flexibility index (Phi) is 5.27. The van der Waals surface area contributed by atoms with Crippen LogP contribution in [-0.4, -0.2) is 9.55 Å². The van der Waals surface area contributed by atoms with Crippen LogP contribution in [0.1, 0.15) is 23.1 Å². The maximum Gasteiger partial charge on any atom is 0.336 e. The normalized spacial score (nSPS) is 13.0. The van der Waals surface area contributed by atoms with Gasteiger partial charge in [0.2, 0.25) is 0 Å². The molecule has 1 aliphatic rings.